The Hall–Kier alpha value is -0.860. The predicted octanol–water partition coefficient (Wildman–Crippen LogP) is 1.47. The molecule has 0 bridgehead atoms. The Balaban J connectivity index is 2.81. The number of rotatable bonds is 2. The molecule has 2 N–H and O–H groups in total. The van der Waals surface area contributed by atoms with Gasteiger partial charge in [0, 0.05) is 6.54 Å². The highest BCUT2D eigenvalue weighted by Gasteiger charge is 1.92. The van der Waals surface area contributed by atoms with Crippen molar-refractivity contribution in [2.75, 3.05) is 0 Å². The van der Waals surface area contributed by atoms with E-state index in [2.05, 4.69) is 5.48 Å². The largest absolute Gasteiger partial charge is 0.316 e. The number of hydrogen-bond donors (Lipinski definition) is 2. The molecule has 0 saturated heterocycles. The minimum Gasteiger partial charge on any atom is -0.316 e. The first-order valence-corrected chi connectivity index (χ1v) is 3.26. The van der Waals surface area contributed by atoms with Gasteiger partial charge in [0.05, 0.1) is 0 Å². The van der Waals surface area contributed by atoms with Crippen molar-refractivity contribution in [3.63, 3.8) is 0 Å². The van der Waals surface area contributed by atoms with E-state index >= 15 is 0 Å². The molecule has 0 amide bonds. The predicted molar refractivity (Wildman–Crippen MR) is 39.8 cm³/mol. The van der Waals surface area contributed by atoms with Crippen LogP contribution in [0.15, 0.2) is 24.3 Å². The van der Waals surface area contributed by atoms with E-state index in [4.69, 9.17) is 5.21 Å². The van der Waals surface area contributed by atoms with Crippen LogP contribution in [0.25, 0.3) is 0 Å². The second kappa shape index (κ2) is 3.34. The molecule has 0 fully saturated rings. The molecule has 0 aromatic heterocycles. The van der Waals surface area contributed by atoms with Gasteiger partial charge in [0.25, 0.3) is 0 Å². The fourth-order valence-electron chi connectivity index (χ4n) is 0.894. The number of benzene rings is 1. The molecule has 1 rings (SSSR count). The highest BCUT2D eigenvalue weighted by molar-refractivity contribution is 5.24. The normalized spacial score (nSPS) is 9.80. The van der Waals surface area contributed by atoms with Crippen molar-refractivity contribution in [1.82, 2.24) is 5.48 Å². The van der Waals surface area contributed by atoms with Crippen LogP contribution in [0.4, 0.5) is 0 Å². The van der Waals surface area contributed by atoms with Crippen LogP contribution in [0, 0.1) is 6.92 Å². The van der Waals surface area contributed by atoms with Gasteiger partial charge in [-0.05, 0) is 18.1 Å². The number of aryl methyl sites for hydroxylation is 1. The maximum atomic E-state index is 8.39. The number of hydroxylamine groups is 1. The van der Waals surface area contributed by atoms with Crippen LogP contribution in [0.5, 0.6) is 0 Å². The van der Waals surface area contributed by atoms with Crippen LogP contribution in [-0.2, 0) is 6.54 Å². The molecule has 0 radical (unpaired) electrons. The summed E-state index contributed by atoms with van der Waals surface area (Å²) >= 11 is 0. The Labute approximate surface area is 60.5 Å². The molecule has 54 valence electrons. The quantitative estimate of drug-likeness (QED) is 0.605. The average Bonchev–Trinajstić information content (AvgIpc) is 1.94. The zero-order chi connectivity index (χ0) is 7.40. The summed E-state index contributed by atoms with van der Waals surface area (Å²) in [6.45, 7) is 2.54. The third-order valence-electron chi connectivity index (χ3n) is 1.53. The van der Waals surface area contributed by atoms with Gasteiger partial charge >= 0.3 is 0 Å². The molecule has 0 spiro atoms. The second-order valence-corrected chi connectivity index (χ2v) is 2.26. The van der Waals surface area contributed by atoms with Gasteiger partial charge in [-0.25, -0.2) is 5.48 Å². The fourth-order valence-corrected chi connectivity index (χ4v) is 0.894. The summed E-state index contributed by atoms with van der Waals surface area (Å²) < 4.78 is 0. The van der Waals surface area contributed by atoms with E-state index in [1.54, 1.807) is 0 Å². The zero-order valence-electron chi connectivity index (χ0n) is 5.96. The van der Waals surface area contributed by atoms with Crippen LogP contribution in [0.3, 0.4) is 0 Å². The van der Waals surface area contributed by atoms with Gasteiger partial charge < -0.3 is 5.21 Å². The van der Waals surface area contributed by atoms with Gasteiger partial charge in [0.1, 0.15) is 0 Å². The summed E-state index contributed by atoms with van der Waals surface area (Å²) in [5, 5.41) is 8.39. The summed E-state index contributed by atoms with van der Waals surface area (Å²) in [6.07, 6.45) is 0. The molecule has 1 aromatic carbocycles. The van der Waals surface area contributed by atoms with Crippen LogP contribution < -0.4 is 5.48 Å². The first-order chi connectivity index (χ1) is 4.84. The van der Waals surface area contributed by atoms with Crippen LogP contribution in [0.1, 0.15) is 11.1 Å². The van der Waals surface area contributed by atoms with Crippen LogP contribution in [0.2, 0.25) is 0 Å². The Bertz CT molecular complexity index is 210. The molecule has 0 heterocycles. The molecule has 0 atom stereocenters. The van der Waals surface area contributed by atoms with Crippen molar-refractivity contribution >= 4 is 0 Å². The Morgan fingerprint density at radius 3 is 2.70 bits per heavy atom. The van der Waals surface area contributed by atoms with E-state index < -0.39 is 0 Å². The lowest BCUT2D eigenvalue weighted by molar-refractivity contribution is 0.161. The SMILES string of the molecule is Cc1ccccc1CNO. The lowest BCUT2D eigenvalue weighted by Crippen LogP contribution is -2.06. The Morgan fingerprint density at radius 2 is 2.10 bits per heavy atom. The van der Waals surface area contributed by atoms with Crippen molar-refractivity contribution in [3.05, 3.63) is 35.4 Å². The van der Waals surface area contributed by atoms with E-state index in [9.17, 15) is 0 Å². The van der Waals surface area contributed by atoms with E-state index in [1.165, 1.54) is 5.56 Å². The molecule has 2 heteroatoms. The highest BCUT2D eigenvalue weighted by atomic mass is 16.5. The van der Waals surface area contributed by atoms with Crippen molar-refractivity contribution < 1.29 is 5.21 Å². The average molecular weight is 137 g/mol. The minimum absolute atomic E-state index is 0.521. The van der Waals surface area contributed by atoms with Crippen molar-refractivity contribution in [2.45, 2.75) is 13.5 Å². The first kappa shape index (κ1) is 7.25. The van der Waals surface area contributed by atoms with Gasteiger partial charge in [0.2, 0.25) is 0 Å². The molecule has 2 nitrogen and oxygen atoms in total. The second-order valence-electron chi connectivity index (χ2n) is 2.26. The molecule has 0 unspecified atom stereocenters. The molecule has 0 aliphatic heterocycles. The van der Waals surface area contributed by atoms with Crippen molar-refractivity contribution in [2.24, 2.45) is 0 Å². The van der Waals surface area contributed by atoms with Crippen LogP contribution in [-0.4, -0.2) is 5.21 Å². The van der Waals surface area contributed by atoms with Crippen molar-refractivity contribution in [3.8, 4) is 0 Å². The molecule has 0 saturated carbocycles. The fraction of sp³-hybridized carbons (Fsp3) is 0.250. The third kappa shape index (κ3) is 1.56. The Morgan fingerprint density at radius 1 is 1.40 bits per heavy atom. The number of hydrogen-bond acceptors (Lipinski definition) is 2. The monoisotopic (exact) mass is 137 g/mol. The van der Waals surface area contributed by atoms with E-state index in [0.717, 1.165) is 5.56 Å². The smallest absolute Gasteiger partial charge is 0.0460 e. The van der Waals surface area contributed by atoms with E-state index in [-0.39, 0.29) is 0 Å². The third-order valence-corrected chi connectivity index (χ3v) is 1.53. The van der Waals surface area contributed by atoms with Gasteiger partial charge in [-0.1, -0.05) is 24.3 Å². The summed E-state index contributed by atoms with van der Waals surface area (Å²) in [5.74, 6) is 0. The van der Waals surface area contributed by atoms with E-state index in [0.29, 0.717) is 6.54 Å². The first-order valence-electron chi connectivity index (χ1n) is 3.26. The van der Waals surface area contributed by atoms with Crippen molar-refractivity contribution in [1.29, 1.82) is 0 Å². The standard InChI is InChI=1S/C8H11NO/c1-7-4-2-3-5-8(7)6-9-10/h2-5,9-10H,6H2,1H3. The van der Waals surface area contributed by atoms with E-state index in [1.807, 2.05) is 31.2 Å². The van der Waals surface area contributed by atoms with Gasteiger partial charge in [0.15, 0.2) is 0 Å². The maximum Gasteiger partial charge on any atom is 0.0460 e. The molecular weight excluding hydrogens is 126 g/mol. The summed E-state index contributed by atoms with van der Waals surface area (Å²) in [5.41, 5.74) is 4.45. The molecule has 1 aromatic rings. The van der Waals surface area contributed by atoms with Gasteiger partial charge in [-0.2, -0.15) is 0 Å². The van der Waals surface area contributed by atoms with Gasteiger partial charge in [-0.3, -0.25) is 0 Å². The lowest BCUT2D eigenvalue weighted by Gasteiger charge is -2.01. The van der Waals surface area contributed by atoms with Gasteiger partial charge in [-0.15, -0.1) is 0 Å². The molecule has 0 aliphatic carbocycles. The highest BCUT2D eigenvalue weighted by Crippen LogP contribution is 2.05. The summed E-state index contributed by atoms with van der Waals surface area (Å²) in [7, 11) is 0. The Kier molecular flexibility index (Phi) is 2.42. The summed E-state index contributed by atoms with van der Waals surface area (Å²) in [6, 6.07) is 7.95. The molecule has 0 aliphatic rings. The topological polar surface area (TPSA) is 32.3 Å². The maximum absolute atomic E-state index is 8.39. The summed E-state index contributed by atoms with van der Waals surface area (Å²) in [4.78, 5) is 0. The van der Waals surface area contributed by atoms with Crippen LogP contribution >= 0.6 is 0 Å². The molecular formula is C8H11NO. The minimum atomic E-state index is 0.521. The molecule has 10 heavy (non-hydrogen) atoms. The lowest BCUT2D eigenvalue weighted by atomic mass is 10.1. The zero-order valence-corrected chi connectivity index (χ0v) is 5.96. The number of nitrogens with one attached hydrogen (secondary N) is 1.